The molecule has 0 aliphatic carbocycles. The summed E-state index contributed by atoms with van der Waals surface area (Å²) in [4.78, 5) is 14.4. The van der Waals surface area contributed by atoms with Crippen LogP contribution in [0.5, 0.6) is 0 Å². The summed E-state index contributed by atoms with van der Waals surface area (Å²) in [5, 5.41) is 3.23. The number of halogens is 2. The fraction of sp³-hybridized carbons (Fsp3) is 0.350. The van der Waals surface area contributed by atoms with Crippen molar-refractivity contribution in [2.24, 2.45) is 0 Å². The minimum Gasteiger partial charge on any atom is -0.377 e. The van der Waals surface area contributed by atoms with Gasteiger partial charge in [0, 0.05) is 38.5 Å². The number of sulfonamides is 1. The van der Waals surface area contributed by atoms with Crippen LogP contribution >= 0.6 is 23.2 Å². The van der Waals surface area contributed by atoms with Crippen LogP contribution in [0.1, 0.15) is 23.2 Å². The van der Waals surface area contributed by atoms with Crippen molar-refractivity contribution in [2.45, 2.75) is 23.8 Å². The highest BCUT2D eigenvalue weighted by atomic mass is 35.5. The Morgan fingerprint density at radius 2 is 1.93 bits per heavy atom. The Balaban J connectivity index is 1.76. The van der Waals surface area contributed by atoms with Gasteiger partial charge in [-0.25, -0.2) is 13.1 Å². The van der Waals surface area contributed by atoms with Crippen molar-refractivity contribution >= 4 is 50.5 Å². The van der Waals surface area contributed by atoms with Crippen LogP contribution in [0, 0.1) is 0 Å². The Hall–Kier alpha value is -1.84. The molecule has 1 saturated heterocycles. The Bertz CT molecular complexity index is 1040. The minimum absolute atomic E-state index is 0.0322. The number of hydrogen-bond donors (Lipinski definition) is 2. The quantitative estimate of drug-likeness (QED) is 0.641. The monoisotopic (exact) mass is 471 g/mol. The molecule has 2 N–H and O–H groups in total. The Labute approximate surface area is 186 Å². The van der Waals surface area contributed by atoms with Crippen molar-refractivity contribution in [1.82, 2.24) is 4.72 Å². The molecule has 0 saturated carbocycles. The van der Waals surface area contributed by atoms with Gasteiger partial charge in [0.05, 0.1) is 21.8 Å². The van der Waals surface area contributed by atoms with Gasteiger partial charge in [0.1, 0.15) is 4.90 Å². The van der Waals surface area contributed by atoms with Crippen molar-refractivity contribution < 1.29 is 17.9 Å². The smallest absolute Gasteiger partial charge is 0.255 e. The molecule has 1 aliphatic heterocycles. The third kappa shape index (κ3) is 5.44. The van der Waals surface area contributed by atoms with Gasteiger partial charge in [-0.2, -0.15) is 0 Å². The molecule has 2 aromatic carbocycles. The third-order valence-electron chi connectivity index (χ3n) is 4.70. The number of carbonyl (C=O) groups excluding carboxylic acids is 1. The van der Waals surface area contributed by atoms with Gasteiger partial charge in [0.2, 0.25) is 10.0 Å². The van der Waals surface area contributed by atoms with E-state index in [4.69, 9.17) is 27.9 Å². The molecule has 7 nitrogen and oxygen atoms in total. The average molecular weight is 472 g/mol. The van der Waals surface area contributed by atoms with Crippen molar-refractivity contribution in [1.29, 1.82) is 0 Å². The third-order valence-corrected chi connectivity index (χ3v) is 6.90. The lowest BCUT2D eigenvalue weighted by atomic mass is 10.2. The molecule has 30 heavy (non-hydrogen) atoms. The maximum atomic E-state index is 12.7. The molecule has 0 spiro atoms. The number of benzene rings is 2. The van der Waals surface area contributed by atoms with Gasteiger partial charge in [-0.05, 0) is 49.2 Å². The molecule has 2 aromatic rings. The van der Waals surface area contributed by atoms with Crippen molar-refractivity contribution in [2.75, 3.05) is 37.5 Å². The van der Waals surface area contributed by atoms with Crippen LogP contribution in [-0.4, -0.2) is 47.7 Å². The first-order valence-corrected chi connectivity index (χ1v) is 11.6. The summed E-state index contributed by atoms with van der Waals surface area (Å²) in [7, 11) is -0.172. The van der Waals surface area contributed by atoms with Crippen LogP contribution in [0.4, 0.5) is 11.4 Å². The second-order valence-electron chi connectivity index (χ2n) is 7.15. The van der Waals surface area contributed by atoms with Crippen LogP contribution in [-0.2, 0) is 14.8 Å². The highest BCUT2D eigenvalue weighted by Crippen LogP contribution is 2.28. The molecule has 1 atom stereocenters. The number of nitrogens with one attached hydrogen (secondary N) is 2. The summed E-state index contributed by atoms with van der Waals surface area (Å²) >= 11 is 12.3. The number of anilines is 2. The zero-order valence-electron chi connectivity index (χ0n) is 16.6. The fourth-order valence-electron chi connectivity index (χ4n) is 3.09. The van der Waals surface area contributed by atoms with Crippen LogP contribution in [0.25, 0.3) is 0 Å². The van der Waals surface area contributed by atoms with E-state index in [1.807, 2.05) is 19.0 Å². The summed E-state index contributed by atoms with van der Waals surface area (Å²) < 4.78 is 33.3. The number of nitrogens with zero attached hydrogens (tertiary/aromatic N) is 1. The topological polar surface area (TPSA) is 87.7 Å². The molecule has 3 rings (SSSR count). The van der Waals surface area contributed by atoms with Crippen LogP contribution in [0.15, 0.2) is 41.3 Å². The normalized spacial score (nSPS) is 16.5. The van der Waals surface area contributed by atoms with Gasteiger partial charge >= 0.3 is 0 Å². The van der Waals surface area contributed by atoms with Crippen molar-refractivity contribution in [3.63, 3.8) is 0 Å². The van der Waals surface area contributed by atoms with E-state index in [9.17, 15) is 13.2 Å². The van der Waals surface area contributed by atoms with Gasteiger partial charge < -0.3 is 15.0 Å². The largest absolute Gasteiger partial charge is 0.377 e. The van der Waals surface area contributed by atoms with E-state index in [-0.39, 0.29) is 28.1 Å². The number of carbonyl (C=O) groups is 1. The van der Waals surface area contributed by atoms with Crippen LogP contribution in [0.2, 0.25) is 10.0 Å². The molecule has 0 bridgehead atoms. The maximum absolute atomic E-state index is 12.7. The van der Waals surface area contributed by atoms with Gasteiger partial charge in [-0.15, -0.1) is 0 Å². The molecule has 162 valence electrons. The minimum atomic E-state index is -3.90. The number of hydrogen-bond acceptors (Lipinski definition) is 5. The standard InChI is InChI=1S/C20H23Cl2N3O4S/c1-25(2)18-8-6-14(11-17(18)22)24-20(26)13-5-7-16(21)19(10-13)30(27,28)23-12-15-4-3-9-29-15/h5-8,10-11,15,23H,3-4,9,12H2,1-2H3,(H,24,26). The molecule has 1 amide bonds. The summed E-state index contributed by atoms with van der Waals surface area (Å²) in [6.45, 7) is 0.786. The average Bonchev–Trinajstić information content (AvgIpc) is 3.20. The summed E-state index contributed by atoms with van der Waals surface area (Å²) in [6, 6.07) is 9.24. The first-order valence-electron chi connectivity index (χ1n) is 9.36. The first-order chi connectivity index (χ1) is 14.2. The summed E-state index contributed by atoms with van der Waals surface area (Å²) in [6.07, 6.45) is 1.55. The summed E-state index contributed by atoms with van der Waals surface area (Å²) in [5.41, 5.74) is 1.46. The summed E-state index contributed by atoms with van der Waals surface area (Å²) in [5.74, 6) is -0.476. The lowest BCUT2D eigenvalue weighted by Gasteiger charge is -2.16. The van der Waals surface area contributed by atoms with E-state index in [0.717, 1.165) is 18.5 Å². The van der Waals surface area contributed by atoms with E-state index in [0.29, 0.717) is 17.3 Å². The second-order valence-corrected chi connectivity index (χ2v) is 9.70. The molecule has 1 aliphatic rings. The zero-order valence-corrected chi connectivity index (χ0v) is 18.9. The molecule has 1 unspecified atom stereocenters. The molecule has 1 fully saturated rings. The molecule has 1 heterocycles. The van der Waals surface area contributed by atoms with Crippen molar-refractivity contribution in [3.05, 3.63) is 52.0 Å². The van der Waals surface area contributed by atoms with E-state index in [1.54, 1.807) is 18.2 Å². The Morgan fingerprint density at radius 1 is 1.17 bits per heavy atom. The van der Waals surface area contributed by atoms with Crippen molar-refractivity contribution in [3.8, 4) is 0 Å². The fourth-order valence-corrected chi connectivity index (χ4v) is 5.03. The Kier molecular flexibility index (Phi) is 7.26. The zero-order chi connectivity index (χ0) is 21.9. The maximum Gasteiger partial charge on any atom is 0.255 e. The first kappa shape index (κ1) is 22.8. The predicted octanol–water partition coefficient (Wildman–Crippen LogP) is 3.77. The van der Waals surface area contributed by atoms with E-state index < -0.39 is 15.9 Å². The SMILES string of the molecule is CN(C)c1ccc(NC(=O)c2ccc(Cl)c(S(=O)(=O)NCC3CCCO3)c2)cc1Cl. The number of amides is 1. The molecule has 0 aromatic heterocycles. The lowest BCUT2D eigenvalue weighted by molar-refractivity contribution is 0.102. The molecular formula is C20H23Cl2N3O4S. The molecule has 0 radical (unpaired) electrons. The second kappa shape index (κ2) is 9.53. The van der Waals surface area contributed by atoms with E-state index in [1.165, 1.54) is 18.2 Å². The highest BCUT2D eigenvalue weighted by Gasteiger charge is 2.23. The van der Waals surface area contributed by atoms with Crippen LogP contribution < -0.4 is 14.9 Å². The van der Waals surface area contributed by atoms with Gasteiger partial charge in [0.25, 0.3) is 5.91 Å². The number of rotatable bonds is 7. The predicted molar refractivity (Wildman–Crippen MR) is 119 cm³/mol. The van der Waals surface area contributed by atoms with Gasteiger partial charge in [-0.1, -0.05) is 23.2 Å². The van der Waals surface area contributed by atoms with E-state index in [2.05, 4.69) is 10.0 Å². The van der Waals surface area contributed by atoms with E-state index >= 15 is 0 Å². The molecule has 10 heteroatoms. The van der Waals surface area contributed by atoms with Gasteiger partial charge in [0.15, 0.2) is 0 Å². The van der Waals surface area contributed by atoms with Gasteiger partial charge in [-0.3, -0.25) is 4.79 Å². The lowest BCUT2D eigenvalue weighted by Crippen LogP contribution is -2.32. The highest BCUT2D eigenvalue weighted by molar-refractivity contribution is 7.89. The Morgan fingerprint density at radius 3 is 2.57 bits per heavy atom. The van der Waals surface area contributed by atoms with Crippen LogP contribution in [0.3, 0.4) is 0 Å². The molecular weight excluding hydrogens is 449 g/mol. The number of ether oxygens (including phenoxy) is 1.